The predicted molar refractivity (Wildman–Crippen MR) is 63.4 cm³/mol. The minimum absolute atomic E-state index is 0.00521. The van der Waals surface area contributed by atoms with Gasteiger partial charge < -0.3 is 15.3 Å². The van der Waals surface area contributed by atoms with Crippen molar-refractivity contribution >= 4 is 21.7 Å². The van der Waals surface area contributed by atoms with Gasteiger partial charge in [0.25, 0.3) is 0 Å². The molecule has 1 atom stereocenters. The van der Waals surface area contributed by atoms with Gasteiger partial charge in [0.1, 0.15) is 5.75 Å². The predicted octanol–water partition coefficient (Wildman–Crippen LogP) is 2.55. The monoisotopic (exact) mass is 288 g/mol. The third kappa shape index (κ3) is 2.66. The van der Waals surface area contributed by atoms with E-state index in [4.69, 9.17) is 5.11 Å². The van der Waals surface area contributed by atoms with Crippen molar-refractivity contribution in [2.75, 3.05) is 0 Å². The molecule has 3 N–H and O–H groups in total. The summed E-state index contributed by atoms with van der Waals surface area (Å²) in [4.78, 5) is 11.4. The summed E-state index contributed by atoms with van der Waals surface area (Å²) in [5, 5.41) is 27.9. The number of carbonyl (C=O) groups is 1. The lowest BCUT2D eigenvalue weighted by Crippen LogP contribution is -2.13. The summed E-state index contributed by atoms with van der Waals surface area (Å²) in [7, 11) is 0. The van der Waals surface area contributed by atoms with Crippen molar-refractivity contribution in [1.82, 2.24) is 0 Å². The molecule has 16 heavy (non-hydrogen) atoms. The molecule has 1 aromatic carbocycles. The van der Waals surface area contributed by atoms with Gasteiger partial charge >= 0.3 is 0 Å². The average Bonchev–Trinajstić information content (AvgIpc) is 2.23. The third-order valence-electron chi connectivity index (χ3n) is 2.18. The van der Waals surface area contributed by atoms with Crippen molar-refractivity contribution in [3.05, 3.63) is 17.7 Å². The van der Waals surface area contributed by atoms with E-state index in [1.165, 1.54) is 0 Å². The molecule has 0 spiro atoms. The third-order valence-corrected chi connectivity index (χ3v) is 3.06. The molecule has 4 nitrogen and oxygen atoms in total. The van der Waals surface area contributed by atoms with E-state index < -0.39 is 16.3 Å². The number of carbonyl (C=O) groups excluding carboxylic acids is 1. The molecule has 0 aliphatic rings. The van der Waals surface area contributed by atoms with Gasteiger partial charge in [-0.05, 0) is 12.5 Å². The quantitative estimate of drug-likeness (QED) is 0.344. The van der Waals surface area contributed by atoms with Crippen molar-refractivity contribution in [2.24, 2.45) is 0 Å². The number of aromatic hydroxyl groups is 3. The number of halogens is 1. The van der Waals surface area contributed by atoms with Crippen LogP contribution in [0, 0.1) is 0 Å². The number of rotatable bonds is 4. The fraction of sp³-hybridized carbons (Fsp3) is 0.364. The van der Waals surface area contributed by atoms with E-state index in [0.717, 1.165) is 18.6 Å². The molecule has 1 rings (SSSR count). The summed E-state index contributed by atoms with van der Waals surface area (Å²) in [6.07, 6.45) is 1.46. The minimum Gasteiger partial charge on any atom is -0.507 e. The van der Waals surface area contributed by atoms with Crippen LogP contribution in [0.3, 0.4) is 0 Å². The molecule has 0 fully saturated rings. The highest BCUT2D eigenvalue weighted by atomic mass is 79.9. The van der Waals surface area contributed by atoms with Crippen LogP contribution >= 0.6 is 15.9 Å². The Hall–Kier alpha value is -1.23. The lowest BCUT2D eigenvalue weighted by molar-refractivity contribution is 0.0985. The second kappa shape index (κ2) is 5.21. The molecule has 0 aromatic heterocycles. The molecule has 0 aliphatic heterocycles. The van der Waals surface area contributed by atoms with Crippen LogP contribution in [0.4, 0.5) is 0 Å². The maximum absolute atomic E-state index is 11.8. The number of Topliss-reactive ketones (excluding diaryl/α,β-unsaturated/α-hetero) is 1. The Morgan fingerprint density at radius 3 is 2.38 bits per heavy atom. The highest BCUT2D eigenvalue weighted by Gasteiger charge is 2.21. The summed E-state index contributed by atoms with van der Waals surface area (Å²) >= 11 is 3.21. The van der Waals surface area contributed by atoms with Gasteiger partial charge in [0, 0.05) is 6.07 Å². The first kappa shape index (κ1) is 12.8. The maximum Gasteiger partial charge on any atom is 0.180 e. The van der Waals surface area contributed by atoms with Crippen LogP contribution in [-0.4, -0.2) is 25.9 Å². The molecule has 0 heterocycles. The number of alkyl halides is 1. The molecule has 0 saturated carbocycles. The Morgan fingerprint density at radius 2 is 1.81 bits per heavy atom. The highest BCUT2D eigenvalue weighted by molar-refractivity contribution is 9.10. The number of hydrogen-bond acceptors (Lipinski definition) is 4. The number of hydrogen-bond donors (Lipinski definition) is 3. The van der Waals surface area contributed by atoms with E-state index in [-0.39, 0.29) is 17.1 Å². The summed E-state index contributed by atoms with van der Waals surface area (Å²) in [6.45, 7) is 1.94. The van der Waals surface area contributed by atoms with Gasteiger partial charge in [-0.1, -0.05) is 29.3 Å². The zero-order valence-corrected chi connectivity index (χ0v) is 10.4. The van der Waals surface area contributed by atoms with Gasteiger partial charge in [0.15, 0.2) is 17.3 Å². The second-order valence-corrected chi connectivity index (χ2v) is 4.58. The van der Waals surface area contributed by atoms with Crippen LogP contribution in [0.25, 0.3) is 0 Å². The molecule has 0 amide bonds. The van der Waals surface area contributed by atoms with E-state index in [0.29, 0.717) is 6.42 Å². The van der Waals surface area contributed by atoms with Crippen LogP contribution < -0.4 is 0 Å². The molecule has 0 aliphatic carbocycles. The number of benzene rings is 1. The molecule has 5 heteroatoms. The molecule has 0 radical (unpaired) electrons. The topological polar surface area (TPSA) is 77.8 Å². The average molecular weight is 289 g/mol. The van der Waals surface area contributed by atoms with E-state index in [1.54, 1.807) is 0 Å². The summed E-state index contributed by atoms with van der Waals surface area (Å²) < 4.78 is 0. The molecule has 0 saturated heterocycles. The highest BCUT2D eigenvalue weighted by Crippen LogP contribution is 2.33. The van der Waals surface area contributed by atoms with E-state index in [9.17, 15) is 15.0 Å². The van der Waals surface area contributed by atoms with Gasteiger partial charge in [0.2, 0.25) is 0 Å². The van der Waals surface area contributed by atoms with Gasteiger partial charge in [0.05, 0.1) is 10.4 Å². The van der Waals surface area contributed by atoms with Gasteiger partial charge in [-0.25, -0.2) is 0 Å². The van der Waals surface area contributed by atoms with E-state index in [2.05, 4.69) is 15.9 Å². The van der Waals surface area contributed by atoms with Crippen LogP contribution in [0.5, 0.6) is 17.2 Å². The van der Waals surface area contributed by atoms with Crippen LogP contribution in [0.15, 0.2) is 12.1 Å². The van der Waals surface area contributed by atoms with Gasteiger partial charge in [-0.15, -0.1) is 0 Å². The Morgan fingerprint density at radius 1 is 1.25 bits per heavy atom. The Balaban J connectivity index is 3.04. The summed E-state index contributed by atoms with van der Waals surface area (Å²) in [6, 6.07) is 2.02. The first-order valence-electron chi connectivity index (χ1n) is 4.90. The van der Waals surface area contributed by atoms with Crippen LogP contribution in [0.1, 0.15) is 30.1 Å². The molecule has 1 unspecified atom stereocenters. The minimum atomic E-state index is -0.448. The SMILES string of the molecule is CCCC(Br)C(=O)c1cc(O)c(O)cc1O. The number of phenolic OH excluding ortho intramolecular Hbond substituents is 3. The first-order chi connectivity index (χ1) is 7.47. The summed E-state index contributed by atoms with van der Waals surface area (Å²) in [5.41, 5.74) is 0.00521. The van der Waals surface area contributed by atoms with Gasteiger partial charge in [-0.2, -0.15) is 0 Å². The first-order valence-corrected chi connectivity index (χ1v) is 5.82. The van der Waals surface area contributed by atoms with Crippen LogP contribution in [-0.2, 0) is 0 Å². The fourth-order valence-corrected chi connectivity index (χ4v) is 2.02. The molecular weight excluding hydrogens is 276 g/mol. The lowest BCUT2D eigenvalue weighted by atomic mass is 10.0. The fourth-order valence-electron chi connectivity index (χ4n) is 1.32. The van der Waals surface area contributed by atoms with Crippen molar-refractivity contribution in [1.29, 1.82) is 0 Å². The van der Waals surface area contributed by atoms with Crippen molar-refractivity contribution < 1.29 is 20.1 Å². The maximum atomic E-state index is 11.8. The number of ketones is 1. The second-order valence-electron chi connectivity index (χ2n) is 3.48. The smallest absolute Gasteiger partial charge is 0.180 e. The molecule has 88 valence electrons. The van der Waals surface area contributed by atoms with E-state index in [1.807, 2.05) is 6.92 Å². The zero-order chi connectivity index (χ0) is 12.3. The van der Waals surface area contributed by atoms with Crippen molar-refractivity contribution in [3.8, 4) is 17.2 Å². The van der Waals surface area contributed by atoms with Crippen molar-refractivity contribution in [3.63, 3.8) is 0 Å². The largest absolute Gasteiger partial charge is 0.507 e. The molecule has 0 bridgehead atoms. The molecular formula is C11H13BrO4. The van der Waals surface area contributed by atoms with Gasteiger partial charge in [-0.3, -0.25) is 4.79 Å². The Kier molecular flexibility index (Phi) is 4.18. The Bertz CT molecular complexity index is 403. The van der Waals surface area contributed by atoms with Crippen molar-refractivity contribution in [2.45, 2.75) is 24.6 Å². The summed E-state index contributed by atoms with van der Waals surface area (Å²) in [5.74, 6) is -1.51. The van der Waals surface area contributed by atoms with E-state index >= 15 is 0 Å². The normalized spacial score (nSPS) is 12.4. The molecule has 1 aromatic rings. The zero-order valence-electron chi connectivity index (χ0n) is 8.77. The number of phenols is 3. The lowest BCUT2D eigenvalue weighted by Gasteiger charge is -2.10. The van der Waals surface area contributed by atoms with Crippen LogP contribution in [0.2, 0.25) is 0 Å². The Labute approximate surface area is 102 Å². The standard InChI is InChI=1S/C11H13BrO4/c1-2-3-7(12)11(16)6-4-9(14)10(15)5-8(6)13/h4-5,7,13-15H,2-3H2,1H3.